The molecular weight excluding hydrogens is 240 g/mol. The van der Waals surface area contributed by atoms with Gasteiger partial charge in [0.1, 0.15) is 17.1 Å². The molecule has 98 valence electrons. The Morgan fingerprint density at radius 1 is 1.61 bits per heavy atom. The molecule has 0 atom stereocenters. The average molecular weight is 254 g/mol. The van der Waals surface area contributed by atoms with Crippen LogP contribution >= 0.6 is 0 Å². The van der Waals surface area contributed by atoms with Crippen molar-refractivity contribution >= 4 is 11.8 Å². The minimum Gasteiger partial charge on any atom is -0.507 e. The summed E-state index contributed by atoms with van der Waals surface area (Å²) in [5, 5.41) is 13.3. The molecule has 1 amide bonds. The molecule has 0 aromatic carbocycles. The average Bonchev–Trinajstić information content (AvgIpc) is 2.25. The molecular formula is C11H14N2O5. The standard InChI is InChI=1S/C11H14N2O5/c1-4-17-11(16)13-12-7(3)9-8(14)5-6(2)18-10(9)15/h5,14H,4H2,1-3H3,(H,13,16). The minimum atomic E-state index is -0.743. The molecule has 1 aromatic heterocycles. The summed E-state index contributed by atoms with van der Waals surface area (Å²) in [6.45, 7) is 4.84. The van der Waals surface area contributed by atoms with E-state index in [-0.39, 0.29) is 29.4 Å². The van der Waals surface area contributed by atoms with Gasteiger partial charge in [-0.25, -0.2) is 15.0 Å². The first kappa shape index (κ1) is 13.8. The zero-order chi connectivity index (χ0) is 13.7. The maximum atomic E-state index is 11.5. The number of ether oxygens (including phenoxy) is 1. The van der Waals surface area contributed by atoms with Crippen LogP contribution in [0.15, 0.2) is 20.4 Å². The van der Waals surface area contributed by atoms with E-state index in [9.17, 15) is 14.7 Å². The number of amides is 1. The number of carbonyl (C=O) groups is 1. The topological polar surface area (TPSA) is 101 Å². The molecule has 0 radical (unpaired) electrons. The Morgan fingerprint density at radius 2 is 2.28 bits per heavy atom. The lowest BCUT2D eigenvalue weighted by Gasteiger charge is -2.04. The number of hydrazone groups is 1. The third-order valence-electron chi connectivity index (χ3n) is 2.01. The molecule has 1 aromatic rings. The van der Waals surface area contributed by atoms with Crippen LogP contribution < -0.4 is 11.1 Å². The highest BCUT2D eigenvalue weighted by atomic mass is 16.5. The van der Waals surface area contributed by atoms with Crippen molar-refractivity contribution in [1.29, 1.82) is 0 Å². The van der Waals surface area contributed by atoms with E-state index in [0.717, 1.165) is 0 Å². The third-order valence-corrected chi connectivity index (χ3v) is 2.01. The SMILES string of the molecule is CCOC(=O)NN=C(C)c1c(O)cc(C)oc1=O. The zero-order valence-corrected chi connectivity index (χ0v) is 10.3. The van der Waals surface area contributed by atoms with E-state index in [1.807, 2.05) is 0 Å². The summed E-state index contributed by atoms with van der Waals surface area (Å²) < 4.78 is 9.41. The Bertz CT molecular complexity index is 533. The smallest absolute Gasteiger partial charge is 0.427 e. The number of aromatic hydroxyl groups is 1. The maximum absolute atomic E-state index is 11.5. The Hall–Kier alpha value is -2.31. The minimum absolute atomic E-state index is 0.0996. The maximum Gasteiger partial charge on any atom is 0.427 e. The van der Waals surface area contributed by atoms with E-state index < -0.39 is 11.7 Å². The third kappa shape index (κ3) is 3.34. The quantitative estimate of drug-likeness (QED) is 0.621. The Morgan fingerprint density at radius 3 is 2.83 bits per heavy atom. The highest BCUT2D eigenvalue weighted by Crippen LogP contribution is 2.14. The van der Waals surface area contributed by atoms with E-state index in [1.54, 1.807) is 6.92 Å². The fraction of sp³-hybridized carbons (Fsp3) is 0.364. The predicted octanol–water partition coefficient (Wildman–Crippen LogP) is 1.12. The van der Waals surface area contributed by atoms with Crippen LogP contribution in [0.4, 0.5) is 4.79 Å². The summed E-state index contributed by atoms with van der Waals surface area (Å²) in [6, 6.07) is 1.29. The first-order valence-corrected chi connectivity index (χ1v) is 5.26. The normalized spacial score (nSPS) is 11.2. The molecule has 7 nitrogen and oxygen atoms in total. The summed E-state index contributed by atoms with van der Waals surface area (Å²) in [6.07, 6.45) is -0.743. The van der Waals surface area contributed by atoms with Crippen molar-refractivity contribution in [2.75, 3.05) is 6.61 Å². The molecule has 1 heterocycles. The van der Waals surface area contributed by atoms with Gasteiger partial charge in [0.05, 0.1) is 12.3 Å². The monoisotopic (exact) mass is 254 g/mol. The summed E-state index contributed by atoms with van der Waals surface area (Å²) in [5.74, 6) is 0.0306. The number of hydrogen-bond donors (Lipinski definition) is 2. The summed E-state index contributed by atoms with van der Waals surface area (Å²) >= 11 is 0. The molecule has 7 heteroatoms. The second kappa shape index (κ2) is 5.85. The molecule has 0 aliphatic carbocycles. The highest BCUT2D eigenvalue weighted by molar-refractivity contribution is 6.00. The fourth-order valence-electron chi connectivity index (χ4n) is 1.28. The van der Waals surface area contributed by atoms with Gasteiger partial charge in [0.25, 0.3) is 0 Å². The second-order valence-corrected chi connectivity index (χ2v) is 3.43. The van der Waals surface area contributed by atoms with Crippen LogP contribution in [0.25, 0.3) is 0 Å². The number of carbonyl (C=O) groups excluding carboxylic acids is 1. The molecule has 18 heavy (non-hydrogen) atoms. The van der Waals surface area contributed by atoms with Crippen molar-refractivity contribution in [2.45, 2.75) is 20.8 Å². The molecule has 1 rings (SSSR count). The number of hydrogen-bond acceptors (Lipinski definition) is 6. The van der Waals surface area contributed by atoms with Crippen LogP contribution in [0.3, 0.4) is 0 Å². The molecule has 0 aliphatic rings. The second-order valence-electron chi connectivity index (χ2n) is 3.43. The fourth-order valence-corrected chi connectivity index (χ4v) is 1.28. The van der Waals surface area contributed by atoms with Crippen LogP contribution in [0.5, 0.6) is 5.75 Å². The van der Waals surface area contributed by atoms with Gasteiger partial charge in [-0.15, -0.1) is 0 Å². The van der Waals surface area contributed by atoms with E-state index in [1.165, 1.54) is 19.9 Å². The summed E-state index contributed by atoms with van der Waals surface area (Å²) in [5.41, 5.74) is 1.38. The molecule has 0 saturated carbocycles. The van der Waals surface area contributed by atoms with Crippen molar-refractivity contribution in [3.63, 3.8) is 0 Å². The van der Waals surface area contributed by atoms with Gasteiger partial charge in [0.15, 0.2) is 0 Å². The van der Waals surface area contributed by atoms with Gasteiger partial charge in [-0.3, -0.25) is 0 Å². The molecule has 0 aliphatic heterocycles. The summed E-state index contributed by atoms with van der Waals surface area (Å²) in [4.78, 5) is 22.5. The molecule has 0 unspecified atom stereocenters. The molecule has 0 saturated heterocycles. The van der Waals surface area contributed by atoms with Gasteiger partial charge >= 0.3 is 11.7 Å². The van der Waals surface area contributed by atoms with Gasteiger partial charge < -0.3 is 14.3 Å². The first-order chi connectivity index (χ1) is 8.45. The van der Waals surface area contributed by atoms with E-state index in [0.29, 0.717) is 0 Å². The van der Waals surface area contributed by atoms with Crippen molar-refractivity contribution in [3.8, 4) is 5.75 Å². The number of nitrogens with one attached hydrogen (secondary N) is 1. The van der Waals surface area contributed by atoms with Crippen LogP contribution in [0.2, 0.25) is 0 Å². The van der Waals surface area contributed by atoms with Crippen LogP contribution in [0, 0.1) is 6.92 Å². The number of aryl methyl sites for hydroxylation is 1. The first-order valence-electron chi connectivity index (χ1n) is 5.26. The van der Waals surface area contributed by atoms with Crippen molar-refractivity contribution < 1.29 is 19.1 Å². The number of rotatable bonds is 3. The Balaban J connectivity index is 2.97. The van der Waals surface area contributed by atoms with Crippen LogP contribution in [0.1, 0.15) is 25.2 Å². The van der Waals surface area contributed by atoms with Crippen molar-refractivity contribution in [2.24, 2.45) is 5.10 Å². The van der Waals surface area contributed by atoms with Crippen LogP contribution in [-0.2, 0) is 4.74 Å². The van der Waals surface area contributed by atoms with E-state index >= 15 is 0 Å². The lowest BCUT2D eigenvalue weighted by Crippen LogP contribution is -2.22. The van der Waals surface area contributed by atoms with E-state index in [2.05, 4.69) is 15.3 Å². The van der Waals surface area contributed by atoms with Gasteiger partial charge in [-0.1, -0.05) is 0 Å². The van der Waals surface area contributed by atoms with Crippen molar-refractivity contribution in [1.82, 2.24) is 5.43 Å². The predicted molar refractivity (Wildman–Crippen MR) is 63.7 cm³/mol. The zero-order valence-electron chi connectivity index (χ0n) is 10.3. The van der Waals surface area contributed by atoms with Gasteiger partial charge in [-0.2, -0.15) is 5.10 Å². The van der Waals surface area contributed by atoms with Gasteiger partial charge in [-0.05, 0) is 20.8 Å². The van der Waals surface area contributed by atoms with Crippen molar-refractivity contribution in [3.05, 3.63) is 27.8 Å². The Kier molecular flexibility index (Phi) is 4.47. The molecule has 0 bridgehead atoms. The molecule has 2 N–H and O–H groups in total. The van der Waals surface area contributed by atoms with Gasteiger partial charge in [0, 0.05) is 6.07 Å². The largest absolute Gasteiger partial charge is 0.507 e. The molecule has 0 spiro atoms. The molecule has 0 fully saturated rings. The Labute approximate surface area is 103 Å². The lowest BCUT2D eigenvalue weighted by molar-refractivity contribution is 0.152. The number of nitrogens with zero attached hydrogens (tertiary/aromatic N) is 1. The lowest BCUT2D eigenvalue weighted by atomic mass is 10.2. The van der Waals surface area contributed by atoms with Crippen LogP contribution in [-0.4, -0.2) is 23.5 Å². The summed E-state index contributed by atoms with van der Waals surface area (Å²) in [7, 11) is 0. The van der Waals surface area contributed by atoms with E-state index in [4.69, 9.17) is 4.42 Å². The highest BCUT2D eigenvalue weighted by Gasteiger charge is 2.13. The van der Waals surface area contributed by atoms with Gasteiger partial charge in [0.2, 0.25) is 0 Å².